The minimum atomic E-state index is 0.673. The highest BCUT2D eigenvalue weighted by Gasteiger charge is 2.13. The van der Waals surface area contributed by atoms with Crippen molar-refractivity contribution in [3.8, 4) is 0 Å². The minimum Gasteiger partial charge on any atom is -0.461 e. The second kappa shape index (κ2) is 6.54. The molecule has 0 radical (unpaired) electrons. The summed E-state index contributed by atoms with van der Waals surface area (Å²) in [6.07, 6.45) is 4.83. The molecule has 2 heterocycles. The first kappa shape index (κ1) is 13.8. The molecular formula is C16H20N4O. The molecule has 5 nitrogen and oxygen atoms in total. The number of nitrogens with one attached hydrogen (secondary N) is 2. The number of aromatic amines is 1. The van der Waals surface area contributed by atoms with E-state index >= 15 is 0 Å². The predicted octanol–water partition coefficient (Wildman–Crippen LogP) is 3.18. The van der Waals surface area contributed by atoms with E-state index in [1.165, 1.54) is 23.7 Å². The number of H-pyrrole nitrogens is 1. The summed E-state index contributed by atoms with van der Waals surface area (Å²) in [6.45, 7) is 3.65. The van der Waals surface area contributed by atoms with Gasteiger partial charge in [-0.15, -0.1) is 0 Å². The number of hydrogen-bond donors (Lipinski definition) is 2. The zero-order valence-corrected chi connectivity index (χ0v) is 12.2. The van der Waals surface area contributed by atoms with Gasteiger partial charge in [0.25, 0.3) is 0 Å². The fourth-order valence-corrected chi connectivity index (χ4v) is 2.50. The summed E-state index contributed by atoms with van der Waals surface area (Å²) in [6, 6.07) is 8.23. The van der Waals surface area contributed by atoms with Crippen LogP contribution in [-0.4, -0.2) is 15.2 Å². The van der Waals surface area contributed by atoms with Gasteiger partial charge in [0.15, 0.2) is 0 Å². The maximum absolute atomic E-state index is 6.01. The number of benzene rings is 1. The Kier molecular flexibility index (Phi) is 4.31. The SMILES string of the molecule is CCCCc1oc2ccccc2c1CNCc1ncn[nH]1. The van der Waals surface area contributed by atoms with Gasteiger partial charge in [-0.05, 0) is 12.5 Å². The number of para-hydroxylation sites is 1. The van der Waals surface area contributed by atoms with Crippen molar-refractivity contribution in [1.82, 2.24) is 20.5 Å². The van der Waals surface area contributed by atoms with Crippen LogP contribution in [0.1, 0.15) is 36.9 Å². The average molecular weight is 284 g/mol. The van der Waals surface area contributed by atoms with Crippen LogP contribution >= 0.6 is 0 Å². The topological polar surface area (TPSA) is 66.7 Å². The van der Waals surface area contributed by atoms with Gasteiger partial charge in [-0.3, -0.25) is 5.10 Å². The molecule has 21 heavy (non-hydrogen) atoms. The minimum absolute atomic E-state index is 0.673. The molecule has 0 atom stereocenters. The Morgan fingerprint density at radius 1 is 1.24 bits per heavy atom. The Bertz CT molecular complexity index is 687. The van der Waals surface area contributed by atoms with Gasteiger partial charge < -0.3 is 9.73 Å². The molecule has 2 N–H and O–H groups in total. The Morgan fingerprint density at radius 3 is 2.95 bits per heavy atom. The largest absolute Gasteiger partial charge is 0.461 e. The van der Waals surface area contributed by atoms with Crippen molar-refractivity contribution in [2.24, 2.45) is 0 Å². The van der Waals surface area contributed by atoms with Crippen LogP contribution in [0.2, 0.25) is 0 Å². The van der Waals surface area contributed by atoms with Gasteiger partial charge in [0, 0.05) is 23.9 Å². The van der Waals surface area contributed by atoms with E-state index in [0.717, 1.165) is 36.6 Å². The van der Waals surface area contributed by atoms with Crippen molar-refractivity contribution in [3.05, 3.63) is 47.7 Å². The van der Waals surface area contributed by atoms with Gasteiger partial charge in [0.2, 0.25) is 0 Å². The average Bonchev–Trinajstić information content (AvgIpc) is 3.13. The molecule has 0 aliphatic rings. The van der Waals surface area contributed by atoms with Crippen molar-refractivity contribution in [3.63, 3.8) is 0 Å². The third-order valence-electron chi connectivity index (χ3n) is 3.60. The Hall–Kier alpha value is -2.14. The first-order valence-corrected chi connectivity index (χ1v) is 7.42. The molecule has 0 spiro atoms. The Labute approximate surface area is 123 Å². The summed E-state index contributed by atoms with van der Waals surface area (Å²) in [7, 11) is 0. The number of unbranched alkanes of at least 4 members (excludes halogenated alkanes) is 1. The van der Waals surface area contributed by atoms with Crippen molar-refractivity contribution in [1.29, 1.82) is 0 Å². The summed E-state index contributed by atoms with van der Waals surface area (Å²) < 4.78 is 6.01. The Morgan fingerprint density at radius 2 is 2.14 bits per heavy atom. The van der Waals surface area contributed by atoms with E-state index in [1.54, 1.807) is 0 Å². The number of furan rings is 1. The predicted molar refractivity (Wildman–Crippen MR) is 81.8 cm³/mol. The van der Waals surface area contributed by atoms with E-state index in [4.69, 9.17) is 4.42 Å². The van der Waals surface area contributed by atoms with Crippen LogP contribution in [0.25, 0.3) is 11.0 Å². The number of aryl methyl sites for hydroxylation is 1. The molecule has 0 saturated carbocycles. The Balaban J connectivity index is 1.77. The normalized spacial score (nSPS) is 11.3. The highest BCUT2D eigenvalue weighted by Crippen LogP contribution is 2.27. The highest BCUT2D eigenvalue weighted by molar-refractivity contribution is 5.82. The van der Waals surface area contributed by atoms with Crippen LogP contribution < -0.4 is 5.32 Å². The van der Waals surface area contributed by atoms with Gasteiger partial charge in [-0.25, -0.2) is 4.98 Å². The molecular weight excluding hydrogens is 264 g/mol. The molecule has 0 aliphatic heterocycles. The van der Waals surface area contributed by atoms with E-state index in [2.05, 4.69) is 39.6 Å². The second-order valence-electron chi connectivity index (χ2n) is 5.14. The lowest BCUT2D eigenvalue weighted by molar-refractivity contribution is 0.524. The molecule has 1 aromatic carbocycles. The summed E-state index contributed by atoms with van der Waals surface area (Å²) in [5.41, 5.74) is 2.23. The fourth-order valence-electron chi connectivity index (χ4n) is 2.50. The van der Waals surface area contributed by atoms with Crippen LogP contribution in [0.5, 0.6) is 0 Å². The standard InChI is InChI=1S/C16H20N4O/c1-2-3-7-15-13(9-17-10-16-18-11-19-20-16)12-6-4-5-8-14(12)21-15/h4-6,8,11,17H,2-3,7,9-10H2,1H3,(H,18,19,20). The number of nitrogens with zero attached hydrogens (tertiary/aromatic N) is 2. The van der Waals surface area contributed by atoms with Crippen molar-refractivity contribution in [2.75, 3.05) is 0 Å². The molecule has 0 unspecified atom stereocenters. The zero-order chi connectivity index (χ0) is 14.5. The molecule has 0 saturated heterocycles. The lowest BCUT2D eigenvalue weighted by atomic mass is 10.1. The lowest BCUT2D eigenvalue weighted by Crippen LogP contribution is -2.14. The lowest BCUT2D eigenvalue weighted by Gasteiger charge is -2.04. The molecule has 0 bridgehead atoms. The maximum atomic E-state index is 6.01. The molecule has 3 aromatic rings. The first-order chi connectivity index (χ1) is 10.4. The quantitative estimate of drug-likeness (QED) is 0.699. The monoisotopic (exact) mass is 284 g/mol. The van der Waals surface area contributed by atoms with E-state index in [0.29, 0.717) is 6.54 Å². The van der Waals surface area contributed by atoms with Gasteiger partial charge in [-0.2, -0.15) is 5.10 Å². The number of rotatable bonds is 7. The van der Waals surface area contributed by atoms with E-state index in [9.17, 15) is 0 Å². The second-order valence-corrected chi connectivity index (χ2v) is 5.14. The van der Waals surface area contributed by atoms with Crippen LogP contribution in [0.4, 0.5) is 0 Å². The summed E-state index contributed by atoms with van der Waals surface area (Å²) in [4.78, 5) is 4.12. The van der Waals surface area contributed by atoms with Crippen LogP contribution in [0, 0.1) is 0 Å². The summed E-state index contributed by atoms with van der Waals surface area (Å²) in [5, 5.41) is 11.3. The zero-order valence-electron chi connectivity index (χ0n) is 12.2. The molecule has 0 aliphatic carbocycles. The molecule has 110 valence electrons. The summed E-state index contributed by atoms with van der Waals surface area (Å²) >= 11 is 0. The molecule has 5 heteroatoms. The molecule has 0 amide bonds. The van der Waals surface area contributed by atoms with Crippen molar-refractivity contribution < 1.29 is 4.42 Å². The molecule has 0 fully saturated rings. The van der Waals surface area contributed by atoms with E-state index < -0.39 is 0 Å². The number of fused-ring (bicyclic) bond motifs is 1. The van der Waals surface area contributed by atoms with Crippen molar-refractivity contribution in [2.45, 2.75) is 39.3 Å². The third kappa shape index (κ3) is 3.13. The van der Waals surface area contributed by atoms with Crippen molar-refractivity contribution >= 4 is 11.0 Å². The van der Waals surface area contributed by atoms with Gasteiger partial charge in [0.1, 0.15) is 23.5 Å². The summed E-state index contributed by atoms with van der Waals surface area (Å²) in [5.74, 6) is 1.95. The fraction of sp³-hybridized carbons (Fsp3) is 0.375. The highest BCUT2D eigenvalue weighted by atomic mass is 16.3. The third-order valence-corrected chi connectivity index (χ3v) is 3.60. The van der Waals surface area contributed by atoms with Gasteiger partial charge in [0.05, 0.1) is 6.54 Å². The number of aromatic nitrogens is 3. The van der Waals surface area contributed by atoms with Gasteiger partial charge in [-0.1, -0.05) is 31.5 Å². The van der Waals surface area contributed by atoms with Crippen LogP contribution in [-0.2, 0) is 19.5 Å². The van der Waals surface area contributed by atoms with Crippen LogP contribution in [0.3, 0.4) is 0 Å². The van der Waals surface area contributed by atoms with E-state index in [1.807, 2.05) is 12.1 Å². The first-order valence-electron chi connectivity index (χ1n) is 7.42. The molecule has 2 aromatic heterocycles. The maximum Gasteiger partial charge on any atom is 0.138 e. The smallest absolute Gasteiger partial charge is 0.138 e. The van der Waals surface area contributed by atoms with Crippen LogP contribution in [0.15, 0.2) is 35.0 Å². The molecule has 3 rings (SSSR count). The van der Waals surface area contributed by atoms with E-state index in [-0.39, 0.29) is 0 Å². The number of hydrogen-bond acceptors (Lipinski definition) is 4. The van der Waals surface area contributed by atoms with Gasteiger partial charge >= 0.3 is 0 Å².